The van der Waals surface area contributed by atoms with Crippen molar-refractivity contribution in [1.82, 2.24) is 0 Å². The van der Waals surface area contributed by atoms with Crippen molar-refractivity contribution in [2.75, 3.05) is 16.0 Å². The third-order valence-corrected chi connectivity index (χ3v) is 6.64. The lowest BCUT2D eigenvalue weighted by molar-refractivity contribution is -0.118. The maximum Gasteiger partial charge on any atom is 0.238 e. The van der Waals surface area contributed by atoms with E-state index in [9.17, 15) is 18.4 Å². The number of hydrogen-bond donors (Lipinski definition) is 1. The SMILES string of the molecule is CCC(C(=O)Nc1ccc(C2SCC(=O)N2c2ccc(F)cc2F)cc1)c1ccccc1. The van der Waals surface area contributed by atoms with Crippen LogP contribution in [0, 0.1) is 11.6 Å². The summed E-state index contributed by atoms with van der Waals surface area (Å²) in [6.07, 6.45) is 0.674. The highest BCUT2D eigenvalue weighted by Gasteiger charge is 2.35. The molecule has 3 aromatic rings. The first-order chi connectivity index (χ1) is 15.5. The minimum atomic E-state index is -0.777. The zero-order valence-electron chi connectivity index (χ0n) is 17.4. The van der Waals surface area contributed by atoms with E-state index in [0.717, 1.165) is 23.3 Å². The van der Waals surface area contributed by atoms with Gasteiger partial charge in [0.05, 0.1) is 17.4 Å². The Morgan fingerprint density at radius 1 is 1.09 bits per heavy atom. The van der Waals surface area contributed by atoms with Crippen molar-refractivity contribution >= 4 is 35.0 Å². The zero-order valence-corrected chi connectivity index (χ0v) is 18.2. The molecule has 0 saturated carbocycles. The molecule has 164 valence electrons. The monoisotopic (exact) mass is 452 g/mol. The van der Waals surface area contributed by atoms with Crippen LogP contribution in [-0.4, -0.2) is 17.6 Å². The van der Waals surface area contributed by atoms with E-state index < -0.39 is 17.0 Å². The van der Waals surface area contributed by atoms with E-state index in [4.69, 9.17) is 0 Å². The molecule has 1 fully saturated rings. The number of halogens is 2. The van der Waals surface area contributed by atoms with E-state index in [1.807, 2.05) is 49.4 Å². The van der Waals surface area contributed by atoms with Crippen molar-refractivity contribution in [1.29, 1.82) is 0 Å². The molecule has 4 nitrogen and oxygen atoms in total. The molecule has 32 heavy (non-hydrogen) atoms. The van der Waals surface area contributed by atoms with Gasteiger partial charge in [0.2, 0.25) is 11.8 Å². The van der Waals surface area contributed by atoms with Gasteiger partial charge in [-0.05, 0) is 41.8 Å². The van der Waals surface area contributed by atoms with E-state index in [-0.39, 0.29) is 29.2 Å². The first-order valence-electron chi connectivity index (χ1n) is 10.3. The highest BCUT2D eigenvalue weighted by molar-refractivity contribution is 8.00. The van der Waals surface area contributed by atoms with Crippen molar-refractivity contribution in [2.24, 2.45) is 0 Å². The van der Waals surface area contributed by atoms with Crippen LogP contribution in [0.4, 0.5) is 20.2 Å². The van der Waals surface area contributed by atoms with Crippen molar-refractivity contribution in [3.8, 4) is 0 Å². The van der Waals surface area contributed by atoms with Crippen LogP contribution >= 0.6 is 11.8 Å². The van der Waals surface area contributed by atoms with Crippen LogP contribution in [0.3, 0.4) is 0 Å². The van der Waals surface area contributed by atoms with Crippen molar-refractivity contribution in [3.63, 3.8) is 0 Å². The van der Waals surface area contributed by atoms with Gasteiger partial charge in [0.1, 0.15) is 17.0 Å². The second-order valence-corrected chi connectivity index (χ2v) is 8.57. The second-order valence-electron chi connectivity index (χ2n) is 7.51. The van der Waals surface area contributed by atoms with Crippen molar-refractivity contribution in [3.05, 3.63) is 95.6 Å². The molecule has 1 aliphatic rings. The van der Waals surface area contributed by atoms with E-state index in [1.54, 1.807) is 12.1 Å². The summed E-state index contributed by atoms with van der Waals surface area (Å²) in [6.45, 7) is 1.97. The molecule has 1 aliphatic heterocycles. The van der Waals surface area contributed by atoms with E-state index in [0.29, 0.717) is 12.1 Å². The molecule has 2 unspecified atom stereocenters. The van der Waals surface area contributed by atoms with Crippen LogP contribution in [0.1, 0.15) is 35.8 Å². The fraction of sp³-hybridized carbons (Fsp3) is 0.200. The maximum atomic E-state index is 14.3. The van der Waals surface area contributed by atoms with Crippen LogP contribution < -0.4 is 10.2 Å². The molecule has 0 spiro atoms. The Labute approximate surface area is 189 Å². The molecule has 4 rings (SSSR count). The first kappa shape index (κ1) is 22.0. The number of carbonyl (C=O) groups excluding carboxylic acids is 2. The summed E-state index contributed by atoms with van der Waals surface area (Å²) in [6, 6.07) is 20.0. The number of nitrogens with one attached hydrogen (secondary N) is 1. The predicted octanol–water partition coefficient (Wildman–Crippen LogP) is 5.88. The molecule has 1 N–H and O–H groups in total. The molecular formula is C25H22F2N2O2S. The van der Waals surface area contributed by atoms with Crippen LogP contribution in [-0.2, 0) is 9.59 Å². The van der Waals surface area contributed by atoms with Crippen molar-refractivity contribution in [2.45, 2.75) is 24.6 Å². The van der Waals surface area contributed by atoms with Gasteiger partial charge >= 0.3 is 0 Å². The van der Waals surface area contributed by atoms with E-state index in [1.165, 1.54) is 22.7 Å². The maximum absolute atomic E-state index is 14.3. The number of carbonyl (C=O) groups is 2. The third-order valence-electron chi connectivity index (χ3n) is 5.43. The molecule has 1 heterocycles. The normalized spacial score (nSPS) is 16.8. The minimum Gasteiger partial charge on any atom is -0.326 e. The number of rotatable bonds is 6. The summed E-state index contributed by atoms with van der Waals surface area (Å²) in [4.78, 5) is 26.6. The molecule has 0 aliphatic carbocycles. The minimum absolute atomic E-state index is 0.0532. The number of hydrogen-bond acceptors (Lipinski definition) is 3. The summed E-state index contributed by atoms with van der Waals surface area (Å²) in [5.41, 5.74) is 2.44. The second kappa shape index (κ2) is 9.53. The van der Waals surface area contributed by atoms with Gasteiger partial charge in [0.25, 0.3) is 0 Å². The number of amides is 2. The molecule has 2 amide bonds. The van der Waals surface area contributed by atoms with Gasteiger partial charge in [-0.15, -0.1) is 11.8 Å². The molecule has 3 aromatic carbocycles. The smallest absolute Gasteiger partial charge is 0.238 e. The lowest BCUT2D eigenvalue weighted by atomic mass is 9.95. The lowest BCUT2D eigenvalue weighted by Crippen LogP contribution is -2.28. The standard InChI is InChI=1S/C25H22F2N2O2S/c1-2-20(16-6-4-3-5-7-16)24(31)28-19-11-8-17(9-12-19)25-29(23(30)15-32-25)22-13-10-18(26)14-21(22)27/h3-14,20,25H,2,15H2,1H3,(H,28,31). The molecule has 0 aromatic heterocycles. The number of benzene rings is 3. The third kappa shape index (κ3) is 4.53. The van der Waals surface area contributed by atoms with Gasteiger partial charge < -0.3 is 5.32 Å². The Bertz CT molecular complexity index is 1120. The van der Waals surface area contributed by atoms with Gasteiger partial charge in [-0.25, -0.2) is 8.78 Å². The summed E-state index contributed by atoms with van der Waals surface area (Å²) < 4.78 is 27.6. The quantitative estimate of drug-likeness (QED) is 0.508. The van der Waals surface area contributed by atoms with Gasteiger partial charge in [-0.2, -0.15) is 0 Å². The molecule has 0 radical (unpaired) electrons. The number of thioether (sulfide) groups is 1. The first-order valence-corrected chi connectivity index (χ1v) is 11.4. The fourth-order valence-corrected chi connectivity index (χ4v) is 5.00. The molecule has 7 heteroatoms. The predicted molar refractivity (Wildman–Crippen MR) is 124 cm³/mol. The average Bonchev–Trinajstić information content (AvgIpc) is 3.17. The average molecular weight is 453 g/mol. The Kier molecular flexibility index (Phi) is 6.55. The highest BCUT2D eigenvalue weighted by atomic mass is 32.2. The largest absolute Gasteiger partial charge is 0.326 e. The van der Waals surface area contributed by atoms with Gasteiger partial charge in [-0.1, -0.05) is 49.4 Å². The van der Waals surface area contributed by atoms with Crippen LogP contribution in [0.15, 0.2) is 72.8 Å². The highest BCUT2D eigenvalue weighted by Crippen LogP contribution is 2.42. The van der Waals surface area contributed by atoms with Gasteiger partial charge in [0.15, 0.2) is 0 Å². The number of nitrogens with zero attached hydrogens (tertiary/aromatic N) is 1. The number of anilines is 2. The lowest BCUT2D eigenvalue weighted by Gasteiger charge is -2.25. The summed E-state index contributed by atoms with van der Waals surface area (Å²) in [7, 11) is 0. The van der Waals surface area contributed by atoms with E-state index >= 15 is 0 Å². The topological polar surface area (TPSA) is 49.4 Å². The Morgan fingerprint density at radius 3 is 2.47 bits per heavy atom. The molecule has 2 atom stereocenters. The molecule has 1 saturated heterocycles. The van der Waals surface area contributed by atoms with Crippen LogP contribution in [0.25, 0.3) is 0 Å². The van der Waals surface area contributed by atoms with Gasteiger partial charge in [0, 0.05) is 11.8 Å². The summed E-state index contributed by atoms with van der Waals surface area (Å²) in [5, 5.41) is 2.52. The van der Waals surface area contributed by atoms with Crippen LogP contribution in [0.5, 0.6) is 0 Å². The zero-order chi connectivity index (χ0) is 22.7. The Hall–Kier alpha value is -3.19. The van der Waals surface area contributed by atoms with E-state index in [2.05, 4.69) is 5.32 Å². The summed E-state index contributed by atoms with van der Waals surface area (Å²) in [5.74, 6) is -1.85. The molecular weight excluding hydrogens is 430 g/mol. The Balaban J connectivity index is 1.51. The Morgan fingerprint density at radius 2 is 1.81 bits per heavy atom. The fourth-order valence-electron chi connectivity index (χ4n) is 3.83. The molecule has 0 bridgehead atoms. The van der Waals surface area contributed by atoms with Crippen molar-refractivity contribution < 1.29 is 18.4 Å². The summed E-state index contributed by atoms with van der Waals surface area (Å²) >= 11 is 1.37. The van der Waals surface area contributed by atoms with Crippen LogP contribution in [0.2, 0.25) is 0 Å². The van der Waals surface area contributed by atoms with Gasteiger partial charge in [-0.3, -0.25) is 14.5 Å².